The van der Waals surface area contributed by atoms with Crippen LogP contribution in [0.5, 0.6) is 0 Å². The fraction of sp³-hybridized carbons (Fsp3) is 0.912. The Morgan fingerprint density at radius 1 is 0.605 bits per heavy atom. The van der Waals surface area contributed by atoms with Gasteiger partial charge >= 0.3 is 0 Å². The summed E-state index contributed by atoms with van der Waals surface area (Å²) in [6.07, 6.45) is 35.7. The summed E-state index contributed by atoms with van der Waals surface area (Å²) < 4.78 is 0. The predicted octanol–water partition coefficient (Wildman–Crippen LogP) is 9.56. The highest BCUT2D eigenvalue weighted by molar-refractivity contribution is 5.76. The van der Waals surface area contributed by atoms with Crippen LogP contribution >= 0.6 is 0 Å². The molecule has 226 valence electrons. The predicted molar refractivity (Wildman–Crippen MR) is 166 cm³/mol. The fourth-order valence-corrected chi connectivity index (χ4v) is 5.12. The summed E-state index contributed by atoms with van der Waals surface area (Å²) in [5.74, 6) is -0.0649. The van der Waals surface area contributed by atoms with Crippen LogP contribution in [0.2, 0.25) is 0 Å². The molecule has 0 aromatic carbocycles. The van der Waals surface area contributed by atoms with Gasteiger partial charge in [0.25, 0.3) is 0 Å². The Hall–Kier alpha value is -0.870. The number of unbranched alkanes of at least 4 members (excludes halogenated alkanes) is 23. The van der Waals surface area contributed by atoms with Crippen LogP contribution in [-0.2, 0) is 4.79 Å². The zero-order valence-corrected chi connectivity index (χ0v) is 25.7. The van der Waals surface area contributed by atoms with Crippen LogP contribution in [0.4, 0.5) is 0 Å². The largest absolute Gasteiger partial charge is 0.394 e. The maximum atomic E-state index is 12.2. The average molecular weight is 538 g/mol. The van der Waals surface area contributed by atoms with E-state index in [1.165, 1.54) is 135 Å². The molecule has 38 heavy (non-hydrogen) atoms. The minimum atomic E-state index is -0.830. The van der Waals surface area contributed by atoms with E-state index in [4.69, 9.17) is 0 Å². The number of amides is 1. The van der Waals surface area contributed by atoms with Gasteiger partial charge < -0.3 is 15.5 Å². The van der Waals surface area contributed by atoms with E-state index in [1.807, 2.05) is 6.08 Å². The molecule has 0 bridgehead atoms. The molecule has 2 atom stereocenters. The molecule has 0 radical (unpaired) electrons. The molecular weight excluding hydrogens is 470 g/mol. The summed E-state index contributed by atoms with van der Waals surface area (Å²) in [6.45, 7) is 4.29. The molecule has 0 fully saturated rings. The van der Waals surface area contributed by atoms with Crippen LogP contribution in [0.25, 0.3) is 0 Å². The third kappa shape index (κ3) is 26.7. The Morgan fingerprint density at radius 3 is 1.37 bits per heavy atom. The summed E-state index contributed by atoms with van der Waals surface area (Å²) >= 11 is 0. The highest BCUT2D eigenvalue weighted by Gasteiger charge is 2.17. The monoisotopic (exact) mass is 538 g/mol. The van der Waals surface area contributed by atoms with E-state index in [9.17, 15) is 15.0 Å². The number of rotatable bonds is 30. The summed E-state index contributed by atoms with van der Waals surface area (Å²) in [7, 11) is 0. The molecule has 3 N–H and O–H groups in total. The molecule has 0 unspecified atom stereocenters. The number of nitrogens with one attached hydrogen (secondary N) is 1. The highest BCUT2D eigenvalue weighted by Crippen LogP contribution is 2.14. The normalized spacial score (nSPS) is 13.3. The summed E-state index contributed by atoms with van der Waals surface area (Å²) in [5.41, 5.74) is 0. The SMILES string of the molecule is CCCCCCCCCCCCC/C=C/[C@@H](O)[C@@H](CO)NC(=O)CCCCCCCCCCCCCCC. The van der Waals surface area contributed by atoms with Gasteiger partial charge in [-0.25, -0.2) is 0 Å². The molecule has 0 spiro atoms. The lowest BCUT2D eigenvalue weighted by atomic mass is 10.0. The van der Waals surface area contributed by atoms with Gasteiger partial charge in [0.2, 0.25) is 5.91 Å². The first kappa shape index (κ1) is 37.1. The van der Waals surface area contributed by atoms with Crippen LogP contribution in [0.3, 0.4) is 0 Å². The van der Waals surface area contributed by atoms with Crippen LogP contribution in [0.1, 0.15) is 181 Å². The molecule has 0 aliphatic heterocycles. The first-order chi connectivity index (χ1) is 18.7. The Kier molecular flexibility index (Phi) is 30.0. The smallest absolute Gasteiger partial charge is 0.220 e. The lowest BCUT2D eigenvalue weighted by molar-refractivity contribution is -0.123. The maximum absolute atomic E-state index is 12.2. The van der Waals surface area contributed by atoms with Crippen molar-refractivity contribution in [3.8, 4) is 0 Å². The Morgan fingerprint density at radius 2 is 0.974 bits per heavy atom. The average Bonchev–Trinajstić information content (AvgIpc) is 2.92. The Balaban J connectivity index is 3.63. The van der Waals surface area contributed by atoms with Crippen LogP contribution in [-0.4, -0.2) is 34.9 Å². The zero-order valence-electron chi connectivity index (χ0n) is 25.7. The third-order valence-electron chi connectivity index (χ3n) is 7.77. The molecule has 0 heterocycles. The zero-order chi connectivity index (χ0) is 27.9. The lowest BCUT2D eigenvalue weighted by Crippen LogP contribution is -2.45. The van der Waals surface area contributed by atoms with Gasteiger partial charge in [-0.15, -0.1) is 0 Å². The van der Waals surface area contributed by atoms with Crippen molar-refractivity contribution in [3.63, 3.8) is 0 Å². The van der Waals surface area contributed by atoms with Gasteiger partial charge in [-0.3, -0.25) is 4.79 Å². The third-order valence-corrected chi connectivity index (χ3v) is 7.77. The first-order valence-corrected chi connectivity index (χ1v) is 16.9. The number of hydrogen-bond donors (Lipinski definition) is 3. The van der Waals surface area contributed by atoms with E-state index in [0.29, 0.717) is 6.42 Å². The molecule has 4 heteroatoms. The standard InChI is InChI=1S/C34H67NO3/c1-3-5-7-9-11-13-15-17-19-21-23-25-27-29-33(37)32(31-36)35-34(38)30-28-26-24-22-20-18-16-14-12-10-8-6-4-2/h27,29,32-33,36-37H,3-26,28,30-31H2,1-2H3,(H,35,38)/b29-27+/t32-,33-/m1/s1. The van der Waals surface area contributed by atoms with Gasteiger partial charge in [-0.05, 0) is 19.3 Å². The van der Waals surface area contributed by atoms with Crippen molar-refractivity contribution in [1.29, 1.82) is 0 Å². The molecule has 0 rings (SSSR count). The van der Waals surface area contributed by atoms with Crippen molar-refractivity contribution in [1.82, 2.24) is 5.32 Å². The highest BCUT2D eigenvalue weighted by atomic mass is 16.3. The van der Waals surface area contributed by atoms with Gasteiger partial charge in [0.05, 0.1) is 18.8 Å². The van der Waals surface area contributed by atoms with Gasteiger partial charge in [-0.1, -0.05) is 167 Å². The second kappa shape index (κ2) is 30.7. The quantitative estimate of drug-likeness (QED) is 0.0631. The molecule has 0 aliphatic carbocycles. The fourth-order valence-electron chi connectivity index (χ4n) is 5.12. The molecule has 1 amide bonds. The number of aliphatic hydroxyl groups excluding tert-OH is 2. The maximum Gasteiger partial charge on any atom is 0.220 e. The van der Waals surface area contributed by atoms with Crippen molar-refractivity contribution >= 4 is 5.91 Å². The molecule has 0 saturated carbocycles. The summed E-state index contributed by atoms with van der Waals surface area (Å²) in [6, 6.07) is -0.613. The van der Waals surface area contributed by atoms with E-state index in [0.717, 1.165) is 25.7 Å². The number of carbonyl (C=O) groups excluding carboxylic acids is 1. The van der Waals surface area contributed by atoms with Crippen molar-refractivity contribution in [2.45, 2.75) is 193 Å². The Labute approximate surface area is 237 Å². The molecule has 0 aromatic rings. The second-order valence-electron chi connectivity index (χ2n) is 11.6. The minimum Gasteiger partial charge on any atom is -0.394 e. The first-order valence-electron chi connectivity index (χ1n) is 16.9. The molecule has 0 aromatic heterocycles. The van der Waals surface area contributed by atoms with Crippen molar-refractivity contribution < 1.29 is 15.0 Å². The van der Waals surface area contributed by atoms with Crippen LogP contribution < -0.4 is 5.32 Å². The number of carbonyl (C=O) groups is 1. The Bertz CT molecular complexity index is 508. The summed E-state index contributed by atoms with van der Waals surface area (Å²) in [5, 5.41) is 22.8. The molecular formula is C34H67NO3. The molecule has 4 nitrogen and oxygen atoms in total. The topological polar surface area (TPSA) is 69.6 Å². The van der Waals surface area contributed by atoms with Crippen molar-refractivity contribution in [2.24, 2.45) is 0 Å². The number of aliphatic hydroxyl groups is 2. The lowest BCUT2D eigenvalue weighted by Gasteiger charge is -2.20. The van der Waals surface area contributed by atoms with E-state index in [1.54, 1.807) is 6.08 Å². The summed E-state index contributed by atoms with van der Waals surface area (Å²) in [4.78, 5) is 12.2. The van der Waals surface area contributed by atoms with Gasteiger partial charge in [0.15, 0.2) is 0 Å². The van der Waals surface area contributed by atoms with E-state index < -0.39 is 12.1 Å². The van der Waals surface area contributed by atoms with E-state index in [-0.39, 0.29) is 12.5 Å². The van der Waals surface area contributed by atoms with Gasteiger partial charge in [-0.2, -0.15) is 0 Å². The van der Waals surface area contributed by atoms with Crippen LogP contribution in [0.15, 0.2) is 12.2 Å². The number of allylic oxidation sites excluding steroid dienone is 1. The van der Waals surface area contributed by atoms with Crippen molar-refractivity contribution in [2.75, 3.05) is 6.61 Å². The van der Waals surface area contributed by atoms with Gasteiger partial charge in [0, 0.05) is 6.42 Å². The van der Waals surface area contributed by atoms with Crippen molar-refractivity contribution in [3.05, 3.63) is 12.2 Å². The van der Waals surface area contributed by atoms with E-state index >= 15 is 0 Å². The molecule has 0 saturated heterocycles. The minimum absolute atomic E-state index is 0.0649. The van der Waals surface area contributed by atoms with Crippen LogP contribution in [0, 0.1) is 0 Å². The second-order valence-corrected chi connectivity index (χ2v) is 11.6. The number of hydrogen-bond acceptors (Lipinski definition) is 3. The molecule has 0 aliphatic rings. The van der Waals surface area contributed by atoms with E-state index in [2.05, 4.69) is 19.2 Å². The van der Waals surface area contributed by atoms with Gasteiger partial charge in [0.1, 0.15) is 0 Å².